The molecule has 110 valence electrons. The van der Waals surface area contributed by atoms with Crippen LogP contribution in [0, 0.1) is 16.0 Å². The van der Waals surface area contributed by atoms with Crippen molar-refractivity contribution >= 4 is 11.7 Å². The first-order chi connectivity index (χ1) is 9.61. The van der Waals surface area contributed by atoms with Gasteiger partial charge in [0, 0.05) is 18.7 Å². The molecule has 0 saturated heterocycles. The van der Waals surface area contributed by atoms with E-state index in [1.165, 1.54) is 31.4 Å². The average Bonchev–Trinajstić information content (AvgIpc) is 2.95. The molecule has 1 aromatic rings. The molecule has 1 amide bonds. The van der Waals surface area contributed by atoms with Gasteiger partial charge in [0.25, 0.3) is 5.91 Å². The summed E-state index contributed by atoms with van der Waals surface area (Å²) < 4.78 is 0. The molecule has 1 aliphatic rings. The summed E-state index contributed by atoms with van der Waals surface area (Å²) >= 11 is 0. The zero-order chi connectivity index (χ0) is 14.5. The molecular formula is C13H20N4O3. The van der Waals surface area contributed by atoms with Crippen LogP contribution in [0.25, 0.3) is 0 Å². The van der Waals surface area contributed by atoms with Crippen molar-refractivity contribution in [1.29, 1.82) is 0 Å². The van der Waals surface area contributed by atoms with Crippen molar-refractivity contribution in [2.24, 2.45) is 11.7 Å². The van der Waals surface area contributed by atoms with Crippen LogP contribution >= 0.6 is 0 Å². The van der Waals surface area contributed by atoms with Crippen LogP contribution in [-0.2, 0) is 0 Å². The molecule has 0 spiro atoms. The Labute approximate surface area is 117 Å². The molecule has 7 nitrogen and oxygen atoms in total. The largest absolute Gasteiger partial charge is 0.358 e. The van der Waals surface area contributed by atoms with E-state index in [2.05, 4.69) is 10.3 Å². The van der Waals surface area contributed by atoms with E-state index in [-0.39, 0.29) is 23.5 Å². The first-order valence-corrected chi connectivity index (χ1v) is 6.96. The minimum atomic E-state index is -0.557. The number of H-pyrrole nitrogens is 1. The Morgan fingerprint density at radius 3 is 2.70 bits per heavy atom. The number of amides is 1. The van der Waals surface area contributed by atoms with Crippen LogP contribution in [0.5, 0.6) is 0 Å². The van der Waals surface area contributed by atoms with Crippen molar-refractivity contribution in [3.63, 3.8) is 0 Å². The first kappa shape index (κ1) is 14.5. The smallest absolute Gasteiger partial charge is 0.321 e. The van der Waals surface area contributed by atoms with Crippen LogP contribution in [-0.4, -0.2) is 28.4 Å². The van der Waals surface area contributed by atoms with Gasteiger partial charge in [0.1, 0.15) is 0 Å². The molecule has 20 heavy (non-hydrogen) atoms. The molecule has 0 aliphatic heterocycles. The molecule has 0 aromatic carbocycles. The van der Waals surface area contributed by atoms with Crippen LogP contribution in [0.4, 0.5) is 5.82 Å². The van der Waals surface area contributed by atoms with Crippen molar-refractivity contribution in [1.82, 2.24) is 10.3 Å². The van der Waals surface area contributed by atoms with E-state index in [0.717, 1.165) is 12.8 Å². The number of nitrogens with two attached hydrogens (primary N) is 1. The van der Waals surface area contributed by atoms with Gasteiger partial charge in [-0.05, 0) is 29.7 Å². The molecule has 1 heterocycles. The van der Waals surface area contributed by atoms with Gasteiger partial charge in [-0.25, -0.2) is 4.98 Å². The minimum absolute atomic E-state index is 0.0647. The van der Waals surface area contributed by atoms with Gasteiger partial charge in [-0.2, -0.15) is 0 Å². The van der Waals surface area contributed by atoms with Gasteiger partial charge in [-0.1, -0.05) is 19.3 Å². The van der Waals surface area contributed by atoms with E-state index in [1.807, 2.05) is 0 Å². The van der Waals surface area contributed by atoms with Gasteiger partial charge < -0.3 is 21.2 Å². The van der Waals surface area contributed by atoms with Gasteiger partial charge in [0.2, 0.25) is 0 Å². The average molecular weight is 280 g/mol. The normalized spacial score (nSPS) is 17.6. The molecule has 1 saturated carbocycles. The summed E-state index contributed by atoms with van der Waals surface area (Å²) in [5.74, 6) is -0.112. The van der Waals surface area contributed by atoms with E-state index < -0.39 is 4.92 Å². The Hall–Kier alpha value is -1.89. The number of carbonyl (C=O) groups excluding carboxylic acids is 1. The third kappa shape index (κ3) is 3.36. The van der Waals surface area contributed by atoms with E-state index in [0.29, 0.717) is 12.5 Å². The predicted molar refractivity (Wildman–Crippen MR) is 74.3 cm³/mol. The molecule has 1 fully saturated rings. The van der Waals surface area contributed by atoms with Crippen molar-refractivity contribution in [2.45, 2.75) is 38.1 Å². The number of nitrogens with one attached hydrogen (secondary N) is 2. The Bertz CT molecular complexity index is 480. The molecule has 1 unspecified atom stereocenters. The molecule has 0 radical (unpaired) electrons. The summed E-state index contributed by atoms with van der Waals surface area (Å²) in [7, 11) is 0. The third-order valence-electron chi connectivity index (χ3n) is 3.90. The fourth-order valence-corrected chi connectivity index (χ4v) is 2.77. The molecule has 1 aromatic heterocycles. The lowest BCUT2D eigenvalue weighted by atomic mass is 9.84. The Morgan fingerprint density at radius 1 is 1.45 bits per heavy atom. The Balaban J connectivity index is 1.98. The summed E-state index contributed by atoms with van der Waals surface area (Å²) in [6, 6.07) is 2.64. The van der Waals surface area contributed by atoms with E-state index in [1.54, 1.807) is 0 Å². The summed E-state index contributed by atoms with van der Waals surface area (Å²) in [5, 5.41) is 13.5. The topological polar surface area (TPSA) is 114 Å². The number of hydrogen-bond acceptors (Lipinski definition) is 4. The second-order valence-corrected chi connectivity index (χ2v) is 5.23. The van der Waals surface area contributed by atoms with Crippen molar-refractivity contribution in [2.75, 3.05) is 6.54 Å². The van der Waals surface area contributed by atoms with Gasteiger partial charge in [-0.3, -0.25) is 4.79 Å². The quantitative estimate of drug-likeness (QED) is 0.561. The lowest BCUT2D eigenvalue weighted by molar-refractivity contribution is -0.389. The van der Waals surface area contributed by atoms with Gasteiger partial charge >= 0.3 is 5.82 Å². The van der Waals surface area contributed by atoms with E-state index >= 15 is 0 Å². The van der Waals surface area contributed by atoms with E-state index in [9.17, 15) is 14.9 Å². The second-order valence-electron chi connectivity index (χ2n) is 5.23. The van der Waals surface area contributed by atoms with Crippen LogP contribution in [0.1, 0.15) is 42.6 Å². The maximum atomic E-state index is 12.1. The van der Waals surface area contributed by atoms with Gasteiger partial charge in [0.05, 0.1) is 0 Å². The van der Waals surface area contributed by atoms with Crippen molar-refractivity contribution in [3.8, 4) is 0 Å². The molecule has 7 heteroatoms. The number of carbonyl (C=O) groups is 1. The first-order valence-electron chi connectivity index (χ1n) is 6.96. The number of aromatic nitrogens is 1. The lowest BCUT2D eigenvalue weighted by Crippen LogP contribution is -2.46. The monoisotopic (exact) mass is 280 g/mol. The number of hydrogen-bond donors (Lipinski definition) is 3. The second kappa shape index (κ2) is 6.51. The Kier molecular flexibility index (Phi) is 4.73. The van der Waals surface area contributed by atoms with E-state index in [4.69, 9.17) is 5.73 Å². The highest BCUT2D eigenvalue weighted by atomic mass is 16.6. The minimum Gasteiger partial charge on any atom is -0.358 e. The maximum absolute atomic E-state index is 12.1. The highest BCUT2D eigenvalue weighted by Gasteiger charge is 2.25. The van der Waals surface area contributed by atoms with Gasteiger partial charge in [-0.15, -0.1) is 0 Å². The van der Waals surface area contributed by atoms with Gasteiger partial charge in [0.15, 0.2) is 5.69 Å². The highest BCUT2D eigenvalue weighted by Crippen LogP contribution is 2.26. The molecule has 2 rings (SSSR count). The standard InChI is InChI=1S/C13H20N4O3/c14-8-11(9-4-2-1-3-5-9)16-13(18)10-6-7-12(15-10)17(19)20/h6-7,9,11,15H,1-5,8,14H2,(H,16,18). The number of nitrogens with zero attached hydrogens (tertiary/aromatic N) is 1. The molecule has 1 aliphatic carbocycles. The number of rotatable bonds is 5. The van der Waals surface area contributed by atoms with Crippen LogP contribution in [0.2, 0.25) is 0 Å². The third-order valence-corrected chi connectivity index (χ3v) is 3.90. The van der Waals surface area contributed by atoms with Crippen molar-refractivity contribution < 1.29 is 9.72 Å². The fraction of sp³-hybridized carbons (Fsp3) is 0.615. The molecule has 1 atom stereocenters. The summed E-state index contributed by atoms with van der Waals surface area (Å²) in [6.07, 6.45) is 5.74. The van der Waals surface area contributed by atoms with Crippen LogP contribution in [0.15, 0.2) is 12.1 Å². The molecule has 4 N–H and O–H groups in total. The molecule has 0 bridgehead atoms. The zero-order valence-electron chi connectivity index (χ0n) is 11.3. The van der Waals surface area contributed by atoms with Crippen molar-refractivity contribution in [3.05, 3.63) is 27.9 Å². The summed E-state index contributed by atoms with van der Waals surface area (Å²) in [6.45, 7) is 0.388. The lowest BCUT2D eigenvalue weighted by Gasteiger charge is -2.29. The Morgan fingerprint density at radius 2 is 2.15 bits per heavy atom. The fourth-order valence-electron chi connectivity index (χ4n) is 2.77. The highest BCUT2D eigenvalue weighted by molar-refractivity contribution is 5.93. The summed E-state index contributed by atoms with van der Waals surface area (Å²) in [4.78, 5) is 24.6. The van der Waals surface area contributed by atoms with Crippen LogP contribution in [0.3, 0.4) is 0 Å². The SMILES string of the molecule is NCC(NC(=O)c1ccc([N+](=O)[O-])[nH]1)C1CCCCC1. The zero-order valence-corrected chi connectivity index (χ0v) is 11.3. The number of aromatic amines is 1. The molecular weight excluding hydrogens is 260 g/mol. The maximum Gasteiger partial charge on any atom is 0.321 e. The number of nitro groups is 1. The van der Waals surface area contributed by atoms with Crippen LogP contribution < -0.4 is 11.1 Å². The predicted octanol–water partition coefficient (Wildman–Crippen LogP) is 1.56. The summed E-state index contributed by atoms with van der Waals surface area (Å²) in [5.41, 5.74) is 5.95.